The fraction of sp³-hybridized carbons (Fsp3) is 0.435. The molecule has 0 aromatic heterocycles. The molecule has 12 heteroatoms. The number of amidine groups is 1. The quantitative estimate of drug-likeness (QED) is 0.548. The molecule has 3 atom stereocenters. The van der Waals surface area contributed by atoms with E-state index in [0.29, 0.717) is 38.4 Å². The van der Waals surface area contributed by atoms with Gasteiger partial charge in [0, 0.05) is 64.0 Å². The van der Waals surface area contributed by atoms with E-state index in [9.17, 15) is 18.0 Å². The molecule has 4 aliphatic heterocycles. The number of carbonyl (C=O) groups is 2. The van der Waals surface area contributed by atoms with Crippen molar-refractivity contribution in [3.63, 3.8) is 0 Å². The lowest BCUT2D eigenvalue weighted by Gasteiger charge is -2.28. The molecular formula is C23H28F3N7O2. The molecule has 1 unspecified atom stereocenters. The third-order valence-electron chi connectivity index (χ3n) is 6.50. The highest BCUT2D eigenvalue weighted by molar-refractivity contribution is 6.38. The fourth-order valence-electron chi connectivity index (χ4n) is 4.84. The molecule has 3 N–H and O–H groups in total. The lowest BCUT2D eigenvalue weighted by atomic mass is 10.0. The Bertz CT molecular complexity index is 1040. The average molecular weight is 492 g/mol. The Morgan fingerprint density at radius 3 is 2.40 bits per heavy atom. The molecule has 1 aromatic carbocycles. The number of nitrogens with one attached hydrogen (secondary N) is 3. The van der Waals surface area contributed by atoms with Gasteiger partial charge in [-0.25, -0.2) is 0 Å². The van der Waals surface area contributed by atoms with Gasteiger partial charge in [-0.1, -0.05) is 12.1 Å². The maximum absolute atomic E-state index is 13.4. The molecular weight excluding hydrogens is 463 g/mol. The number of hydrogen-bond acceptors (Lipinski definition) is 7. The van der Waals surface area contributed by atoms with Crippen molar-refractivity contribution in [3.05, 3.63) is 53.9 Å². The van der Waals surface area contributed by atoms with Crippen molar-refractivity contribution in [2.45, 2.75) is 12.3 Å². The average Bonchev–Trinajstić information content (AvgIpc) is 3.56. The normalized spacial score (nSPS) is 24.5. The van der Waals surface area contributed by atoms with Crippen LogP contribution in [0.25, 0.3) is 0 Å². The minimum absolute atomic E-state index is 0.140. The van der Waals surface area contributed by atoms with Gasteiger partial charge in [0.15, 0.2) is 0 Å². The van der Waals surface area contributed by atoms with Gasteiger partial charge in [0.25, 0.3) is 5.91 Å². The van der Waals surface area contributed by atoms with Crippen LogP contribution in [0.15, 0.2) is 53.4 Å². The molecule has 2 saturated heterocycles. The number of nitrogens with zero attached hydrogens (tertiary/aromatic N) is 4. The first-order valence-corrected chi connectivity index (χ1v) is 11.3. The van der Waals surface area contributed by atoms with Crippen LogP contribution in [-0.4, -0.2) is 74.4 Å². The van der Waals surface area contributed by atoms with Gasteiger partial charge in [0.2, 0.25) is 12.2 Å². The first-order chi connectivity index (χ1) is 16.8. The van der Waals surface area contributed by atoms with Crippen molar-refractivity contribution in [1.82, 2.24) is 25.9 Å². The summed E-state index contributed by atoms with van der Waals surface area (Å²) in [6.07, 6.45) is 1.74. The number of amides is 2. The van der Waals surface area contributed by atoms with E-state index in [1.54, 1.807) is 22.9 Å². The van der Waals surface area contributed by atoms with Gasteiger partial charge in [0.05, 0.1) is 11.3 Å². The summed E-state index contributed by atoms with van der Waals surface area (Å²) < 4.78 is 40.2. The first-order valence-electron chi connectivity index (χ1n) is 11.3. The summed E-state index contributed by atoms with van der Waals surface area (Å²) in [7, 11) is 3.37. The smallest absolute Gasteiger partial charge is 0.387 e. The number of benzene rings is 1. The van der Waals surface area contributed by atoms with Crippen LogP contribution >= 0.6 is 0 Å². The van der Waals surface area contributed by atoms with E-state index < -0.39 is 11.7 Å². The number of rotatable bonds is 4. The number of hydrazone groups is 1. The number of anilines is 1. The van der Waals surface area contributed by atoms with E-state index >= 15 is 0 Å². The second-order valence-electron chi connectivity index (χ2n) is 8.67. The van der Waals surface area contributed by atoms with E-state index in [1.165, 1.54) is 12.1 Å². The van der Waals surface area contributed by atoms with Crippen LogP contribution in [0.2, 0.25) is 0 Å². The van der Waals surface area contributed by atoms with Gasteiger partial charge < -0.3 is 20.4 Å². The molecule has 0 spiro atoms. The van der Waals surface area contributed by atoms with Crippen LogP contribution in [0.4, 0.5) is 18.9 Å². The highest BCUT2D eigenvalue weighted by Crippen LogP contribution is 2.40. The van der Waals surface area contributed by atoms with Crippen LogP contribution in [0.3, 0.4) is 0 Å². The van der Waals surface area contributed by atoms with Crippen LogP contribution < -0.4 is 21.0 Å². The number of likely N-dealkylation sites (tertiary alicyclic amines) is 1. The van der Waals surface area contributed by atoms with Crippen molar-refractivity contribution < 1.29 is 22.8 Å². The lowest BCUT2D eigenvalue weighted by molar-refractivity contribution is -0.137. The van der Waals surface area contributed by atoms with Crippen LogP contribution in [-0.2, 0) is 15.8 Å². The molecule has 188 valence electrons. The highest BCUT2D eigenvalue weighted by Gasteiger charge is 2.45. The summed E-state index contributed by atoms with van der Waals surface area (Å²) in [6.45, 7) is 2.05. The Morgan fingerprint density at radius 2 is 1.80 bits per heavy atom. The van der Waals surface area contributed by atoms with Crippen LogP contribution in [0.5, 0.6) is 0 Å². The van der Waals surface area contributed by atoms with Crippen molar-refractivity contribution in [2.75, 3.05) is 45.2 Å². The van der Waals surface area contributed by atoms with Crippen molar-refractivity contribution in [2.24, 2.45) is 16.9 Å². The van der Waals surface area contributed by atoms with Gasteiger partial charge in [-0.15, -0.1) is 0 Å². The van der Waals surface area contributed by atoms with Gasteiger partial charge >= 0.3 is 6.18 Å². The predicted octanol–water partition coefficient (Wildman–Crippen LogP) is 1.14. The predicted molar refractivity (Wildman–Crippen MR) is 125 cm³/mol. The zero-order valence-corrected chi connectivity index (χ0v) is 19.4. The molecule has 1 aromatic rings. The third-order valence-corrected chi connectivity index (χ3v) is 6.50. The zero-order chi connectivity index (χ0) is 25.2. The summed E-state index contributed by atoms with van der Waals surface area (Å²) in [6, 6.07) is 5.70. The Kier molecular flexibility index (Phi) is 6.90. The molecule has 0 radical (unpaired) electrons. The van der Waals surface area contributed by atoms with E-state index in [2.05, 4.69) is 21.2 Å². The summed E-state index contributed by atoms with van der Waals surface area (Å²) in [5.41, 5.74) is 3.44. The van der Waals surface area contributed by atoms with E-state index in [0.717, 1.165) is 11.8 Å². The molecule has 2 fully saturated rings. The summed E-state index contributed by atoms with van der Waals surface area (Å²) in [4.78, 5) is 27.6. The summed E-state index contributed by atoms with van der Waals surface area (Å²) in [5, 5.41) is 9.53. The Labute approximate surface area is 201 Å². The molecule has 0 saturated carbocycles. The number of alkyl halides is 3. The number of allylic oxidation sites excluding steroid dienone is 1. The maximum Gasteiger partial charge on any atom is 0.418 e. The number of fused-ring (bicyclic) bond motifs is 2. The molecule has 5 rings (SSSR count). The molecule has 9 nitrogen and oxygen atoms in total. The lowest BCUT2D eigenvalue weighted by Crippen LogP contribution is -2.45. The standard InChI is InChI=1S/C21H23F3N6O.C2H5NO/c1-25-15-6-7-18-26-27-19(30(18)12-15)20(31)29-10-13-8-28(9-14(13)11-29)17-5-3-2-4-16(17)21(22,23)24;1-3-2-4/h2-7,12-14,18,25-26H,8-11H2,1H3;2H,1H3,(H,3,4)/t13-,14+,18?;. The monoisotopic (exact) mass is 491 g/mol. The first kappa shape index (κ1) is 24.4. The molecule has 0 aliphatic carbocycles. The topological polar surface area (TPSA) is 92.3 Å². The Morgan fingerprint density at radius 1 is 1.14 bits per heavy atom. The minimum Gasteiger partial charge on any atom is -0.387 e. The SMILES string of the molecule is CNC1=CN2C(C(=O)N3C[C@@H]4CN(c5ccccc5C(F)(F)F)C[C@@H]4C3)=NNC2C=C1.CNC=O. The fourth-order valence-corrected chi connectivity index (χ4v) is 4.84. The number of hydrogen-bond donors (Lipinski definition) is 3. The van der Waals surface area contributed by atoms with E-state index in [-0.39, 0.29) is 29.6 Å². The highest BCUT2D eigenvalue weighted by atomic mass is 19.4. The molecule has 2 amide bonds. The number of likely N-dealkylation sites (N-methyl/N-ethyl adjacent to an activating group) is 1. The summed E-state index contributed by atoms with van der Waals surface area (Å²) >= 11 is 0. The number of para-hydroxylation sites is 1. The molecule has 4 aliphatic rings. The third kappa shape index (κ3) is 4.91. The second-order valence-corrected chi connectivity index (χ2v) is 8.67. The van der Waals surface area contributed by atoms with Crippen molar-refractivity contribution in [3.8, 4) is 0 Å². The molecule has 4 heterocycles. The Balaban J connectivity index is 0.000000672. The number of halogens is 3. The van der Waals surface area contributed by atoms with Crippen LogP contribution in [0.1, 0.15) is 5.56 Å². The van der Waals surface area contributed by atoms with Gasteiger partial charge in [-0.05, 0) is 24.3 Å². The Hall–Kier alpha value is -3.70. The van der Waals surface area contributed by atoms with Crippen molar-refractivity contribution >= 4 is 23.8 Å². The second kappa shape index (κ2) is 9.88. The molecule has 0 bridgehead atoms. The minimum atomic E-state index is -4.39. The van der Waals surface area contributed by atoms with Gasteiger partial charge in [0.1, 0.15) is 6.17 Å². The van der Waals surface area contributed by atoms with E-state index in [4.69, 9.17) is 4.79 Å². The van der Waals surface area contributed by atoms with Gasteiger partial charge in [-0.2, -0.15) is 18.3 Å². The largest absolute Gasteiger partial charge is 0.418 e. The summed E-state index contributed by atoms with van der Waals surface area (Å²) in [5.74, 6) is 0.455. The molecule has 35 heavy (non-hydrogen) atoms. The maximum atomic E-state index is 13.4. The zero-order valence-electron chi connectivity index (χ0n) is 19.4. The van der Waals surface area contributed by atoms with Gasteiger partial charge in [-0.3, -0.25) is 19.9 Å². The van der Waals surface area contributed by atoms with Crippen LogP contribution in [0, 0.1) is 11.8 Å². The number of carbonyl (C=O) groups excluding carboxylic acids is 2. The van der Waals surface area contributed by atoms with Crippen molar-refractivity contribution in [1.29, 1.82) is 0 Å². The van der Waals surface area contributed by atoms with E-state index in [1.807, 2.05) is 30.3 Å².